The number of thiazole rings is 1. The molecule has 2 heterocycles. The molecule has 2 atom stereocenters. The number of halogens is 1. The fraction of sp³-hybridized carbons (Fsp3) is 0.636. The minimum Gasteiger partial charge on any atom is -0.464 e. The van der Waals surface area contributed by atoms with E-state index in [1.165, 1.54) is 16.9 Å². The lowest BCUT2D eigenvalue weighted by atomic mass is 10.2. The van der Waals surface area contributed by atoms with Crippen LogP contribution in [0.15, 0.2) is 9.72 Å². The maximum atomic E-state index is 12.6. The van der Waals surface area contributed by atoms with Crippen LogP contribution in [0.3, 0.4) is 0 Å². The molecule has 10 heteroatoms. The molecule has 0 amide bonds. The van der Waals surface area contributed by atoms with Gasteiger partial charge in [-0.3, -0.25) is 0 Å². The Labute approximate surface area is 134 Å². The number of nitrogens with zero attached hydrogens (tertiary/aromatic N) is 2. The van der Waals surface area contributed by atoms with Crippen LogP contribution in [-0.2, 0) is 14.8 Å². The van der Waals surface area contributed by atoms with Crippen LogP contribution in [0.4, 0.5) is 0 Å². The smallest absolute Gasteiger partial charge is 0.358 e. The molecule has 0 spiro atoms. The van der Waals surface area contributed by atoms with E-state index in [1.54, 1.807) is 0 Å². The van der Waals surface area contributed by atoms with E-state index in [0.717, 1.165) is 11.3 Å². The molecule has 1 aromatic rings. The number of hydrogen-bond donors (Lipinski definition) is 1. The van der Waals surface area contributed by atoms with Crippen molar-refractivity contribution in [3.05, 3.63) is 11.2 Å². The van der Waals surface area contributed by atoms with Gasteiger partial charge in [0.25, 0.3) is 10.0 Å². The number of piperazine rings is 1. The van der Waals surface area contributed by atoms with Crippen molar-refractivity contribution in [3.63, 3.8) is 0 Å². The molecule has 0 aliphatic carbocycles. The van der Waals surface area contributed by atoms with Crippen LogP contribution in [0.1, 0.15) is 24.3 Å². The summed E-state index contributed by atoms with van der Waals surface area (Å²) in [5.74, 6) is -0.735. The van der Waals surface area contributed by atoms with Gasteiger partial charge in [0.2, 0.25) is 0 Å². The van der Waals surface area contributed by atoms with E-state index >= 15 is 0 Å². The first kappa shape index (κ1) is 18.3. The van der Waals surface area contributed by atoms with Crippen LogP contribution >= 0.6 is 23.7 Å². The molecule has 0 saturated carbocycles. The van der Waals surface area contributed by atoms with Gasteiger partial charge < -0.3 is 10.1 Å². The van der Waals surface area contributed by atoms with Crippen molar-refractivity contribution in [2.75, 3.05) is 20.2 Å². The molecular weight excluding hydrogens is 338 g/mol. The molecule has 1 aliphatic rings. The second-order valence-corrected chi connectivity index (χ2v) is 7.76. The topological polar surface area (TPSA) is 88.6 Å². The van der Waals surface area contributed by atoms with Gasteiger partial charge in [0.05, 0.1) is 12.6 Å². The zero-order valence-corrected chi connectivity index (χ0v) is 14.3. The van der Waals surface area contributed by atoms with E-state index < -0.39 is 16.0 Å². The molecular formula is C11H18ClN3O4S2. The molecule has 1 aliphatic heterocycles. The van der Waals surface area contributed by atoms with Gasteiger partial charge in [-0.25, -0.2) is 18.2 Å². The number of aromatic nitrogens is 1. The molecule has 1 fully saturated rings. The normalized spacial score (nSPS) is 23.4. The summed E-state index contributed by atoms with van der Waals surface area (Å²) >= 11 is 0.934. The maximum absolute atomic E-state index is 12.6. The van der Waals surface area contributed by atoms with Crippen molar-refractivity contribution < 1.29 is 17.9 Å². The fourth-order valence-electron chi connectivity index (χ4n) is 2.24. The van der Waals surface area contributed by atoms with E-state index in [1.807, 2.05) is 13.8 Å². The zero-order valence-electron chi connectivity index (χ0n) is 11.9. The third-order valence-corrected chi connectivity index (χ3v) is 6.19. The van der Waals surface area contributed by atoms with Crippen molar-refractivity contribution in [3.8, 4) is 0 Å². The van der Waals surface area contributed by atoms with Crippen LogP contribution in [0, 0.1) is 0 Å². The molecule has 7 nitrogen and oxygen atoms in total. The molecule has 0 bridgehead atoms. The minimum atomic E-state index is -3.72. The summed E-state index contributed by atoms with van der Waals surface area (Å²) in [5.41, 5.74) is 1.20. The molecule has 21 heavy (non-hydrogen) atoms. The van der Waals surface area contributed by atoms with E-state index in [0.29, 0.717) is 13.1 Å². The Bertz CT molecular complexity index is 594. The number of nitrogens with one attached hydrogen (secondary N) is 1. The van der Waals surface area contributed by atoms with Crippen LogP contribution in [0.2, 0.25) is 0 Å². The number of ether oxygens (including phenoxy) is 1. The SMILES string of the molecule is COC(=O)c1ncsc1S(=O)(=O)N1CC(C)NC(C)C1.Cl. The number of carbonyl (C=O) groups is 1. The lowest BCUT2D eigenvalue weighted by molar-refractivity contribution is 0.0590. The van der Waals surface area contributed by atoms with Gasteiger partial charge in [-0.1, -0.05) is 0 Å². The number of esters is 1. The molecule has 2 rings (SSSR count). The largest absolute Gasteiger partial charge is 0.464 e. The van der Waals surface area contributed by atoms with Crippen molar-refractivity contribution in [1.82, 2.24) is 14.6 Å². The number of sulfonamides is 1. The number of methoxy groups -OCH3 is 1. The number of hydrogen-bond acceptors (Lipinski definition) is 7. The molecule has 0 radical (unpaired) electrons. The molecule has 120 valence electrons. The van der Waals surface area contributed by atoms with Crippen molar-refractivity contribution in [2.45, 2.75) is 30.1 Å². The predicted molar refractivity (Wildman–Crippen MR) is 81.5 cm³/mol. The first-order chi connectivity index (χ1) is 9.36. The highest BCUT2D eigenvalue weighted by Crippen LogP contribution is 2.26. The van der Waals surface area contributed by atoms with Crippen molar-refractivity contribution in [1.29, 1.82) is 0 Å². The Morgan fingerprint density at radius 2 is 2.00 bits per heavy atom. The summed E-state index contributed by atoms with van der Waals surface area (Å²) in [5, 5.41) is 3.27. The minimum absolute atomic E-state index is 0. The first-order valence-electron chi connectivity index (χ1n) is 6.14. The molecule has 1 saturated heterocycles. The molecule has 1 aromatic heterocycles. The van der Waals surface area contributed by atoms with E-state index in [2.05, 4.69) is 15.0 Å². The highest BCUT2D eigenvalue weighted by Gasteiger charge is 2.35. The number of carbonyl (C=O) groups excluding carboxylic acids is 1. The second kappa shape index (κ2) is 7.01. The average molecular weight is 356 g/mol. The van der Waals surface area contributed by atoms with Crippen LogP contribution < -0.4 is 5.32 Å². The van der Waals surface area contributed by atoms with Gasteiger partial charge in [-0.05, 0) is 13.8 Å². The third kappa shape index (κ3) is 3.72. The Balaban J connectivity index is 0.00000220. The van der Waals surface area contributed by atoms with Crippen molar-refractivity contribution >= 4 is 39.7 Å². The predicted octanol–water partition coefficient (Wildman–Crippen LogP) is 0.722. The Kier molecular flexibility index (Phi) is 6.11. The molecule has 2 unspecified atom stereocenters. The molecule has 1 N–H and O–H groups in total. The summed E-state index contributed by atoms with van der Waals surface area (Å²) in [6, 6.07) is 0.117. The third-order valence-electron chi connectivity index (χ3n) is 3.01. The van der Waals surface area contributed by atoms with Gasteiger partial charge in [0.1, 0.15) is 0 Å². The first-order valence-corrected chi connectivity index (χ1v) is 8.46. The summed E-state index contributed by atoms with van der Waals surface area (Å²) in [4.78, 5) is 15.4. The maximum Gasteiger partial charge on any atom is 0.358 e. The summed E-state index contributed by atoms with van der Waals surface area (Å²) in [7, 11) is -2.52. The van der Waals surface area contributed by atoms with E-state index in [-0.39, 0.29) is 34.4 Å². The highest BCUT2D eigenvalue weighted by atomic mass is 35.5. The van der Waals surface area contributed by atoms with Gasteiger partial charge in [0, 0.05) is 25.2 Å². The average Bonchev–Trinajstić information content (AvgIpc) is 2.86. The standard InChI is InChI=1S/C11H17N3O4S2.ClH/c1-7-4-14(5-8(2)13-7)20(16,17)11-9(10(15)18-3)12-6-19-11;/h6-8,13H,4-5H2,1-3H3;1H. The zero-order chi connectivity index (χ0) is 14.9. The summed E-state index contributed by atoms with van der Waals surface area (Å²) in [6.45, 7) is 4.58. The van der Waals surface area contributed by atoms with Gasteiger partial charge in [-0.15, -0.1) is 23.7 Å². The Morgan fingerprint density at radius 1 is 1.43 bits per heavy atom. The molecule has 0 aromatic carbocycles. The Hall–Kier alpha value is -0.740. The van der Waals surface area contributed by atoms with Gasteiger partial charge >= 0.3 is 5.97 Å². The van der Waals surface area contributed by atoms with Crippen molar-refractivity contribution in [2.24, 2.45) is 0 Å². The number of rotatable bonds is 3. The monoisotopic (exact) mass is 355 g/mol. The summed E-state index contributed by atoms with van der Waals surface area (Å²) < 4.78 is 31.2. The lowest BCUT2D eigenvalue weighted by Crippen LogP contribution is -2.55. The van der Waals surface area contributed by atoms with E-state index in [4.69, 9.17) is 0 Å². The van der Waals surface area contributed by atoms with Crippen LogP contribution in [-0.4, -0.2) is 56.0 Å². The van der Waals surface area contributed by atoms with Crippen LogP contribution in [0.5, 0.6) is 0 Å². The highest BCUT2D eigenvalue weighted by molar-refractivity contribution is 7.91. The lowest BCUT2D eigenvalue weighted by Gasteiger charge is -2.34. The quantitative estimate of drug-likeness (QED) is 0.804. The van der Waals surface area contributed by atoms with E-state index in [9.17, 15) is 13.2 Å². The Morgan fingerprint density at radius 3 is 2.52 bits per heavy atom. The van der Waals surface area contributed by atoms with Gasteiger partial charge in [-0.2, -0.15) is 4.31 Å². The van der Waals surface area contributed by atoms with Crippen LogP contribution in [0.25, 0.3) is 0 Å². The van der Waals surface area contributed by atoms with Gasteiger partial charge in [0.15, 0.2) is 9.90 Å². The fourth-order valence-corrected chi connectivity index (χ4v) is 5.13. The second-order valence-electron chi connectivity index (χ2n) is 4.77. The summed E-state index contributed by atoms with van der Waals surface area (Å²) in [6.07, 6.45) is 0.